The lowest BCUT2D eigenvalue weighted by atomic mass is 9.80. The van der Waals surface area contributed by atoms with Gasteiger partial charge in [-0.15, -0.1) is 0 Å². The molecule has 4 amide bonds. The second kappa shape index (κ2) is 8.82. The Hall–Kier alpha value is -3.86. The Morgan fingerprint density at radius 3 is 2.53 bits per heavy atom. The zero-order valence-electron chi connectivity index (χ0n) is 19.6. The maximum Gasteiger partial charge on any atom is 0.319 e. The maximum atomic E-state index is 13.7. The van der Waals surface area contributed by atoms with E-state index in [0.29, 0.717) is 17.8 Å². The fraction of sp³-hybridized carbons (Fsp3) is 0.385. The summed E-state index contributed by atoms with van der Waals surface area (Å²) in [7, 11) is 0. The van der Waals surface area contributed by atoms with Crippen LogP contribution in [-0.2, 0) is 15.0 Å². The van der Waals surface area contributed by atoms with Gasteiger partial charge < -0.3 is 20.9 Å². The van der Waals surface area contributed by atoms with Crippen LogP contribution in [0.25, 0.3) is 0 Å². The van der Waals surface area contributed by atoms with Gasteiger partial charge in [0.15, 0.2) is 0 Å². The van der Waals surface area contributed by atoms with Gasteiger partial charge in [0.25, 0.3) is 0 Å². The van der Waals surface area contributed by atoms with Crippen LogP contribution in [0.4, 0.5) is 16.2 Å². The van der Waals surface area contributed by atoms with Gasteiger partial charge in [-0.25, -0.2) is 4.79 Å². The molecular formula is C26H29N5O3. The molecule has 2 aromatic rings. The number of fused-ring (bicyclic) bond motifs is 2. The number of para-hydroxylation sites is 2. The first-order chi connectivity index (χ1) is 16.1. The van der Waals surface area contributed by atoms with Crippen molar-refractivity contribution in [2.75, 3.05) is 17.2 Å². The lowest BCUT2D eigenvalue weighted by molar-refractivity contribution is -0.134. The minimum Gasteiger partial charge on any atom is -0.326 e. The van der Waals surface area contributed by atoms with Gasteiger partial charge in [0.2, 0.25) is 11.8 Å². The first kappa shape index (κ1) is 23.3. The molecule has 4 rings (SSSR count). The summed E-state index contributed by atoms with van der Waals surface area (Å²) in [6, 6.07) is 16.4. The van der Waals surface area contributed by atoms with E-state index in [2.05, 4.69) is 22.0 Å². The summed E-state index contributed by atoms with van der Waals surface area (Å²) in [4.78, 5) is 40.9. The van der Waals surface area contributed by atoms with Crippen molar-refractivity contribution in [1.82, 2.24) is 10.2 Å². The number of nitrogens with zero attached hydrogens (tertiary/aromatic N) is 2. The van der Waals surface area contributed by atoms with Gasteiger partial charge in [-0.1, -0.05) is 57.2 Å². The van der Waals surface area contributed by atoms with Gasteiger partial charge in [0.1, 0.15) is 12.1 Å². The number of nitrogens with one attached hydrogen (secondary N) is 3. The molecule has 3 atom stereocenters. The normalized spacial score (nSPS) is 22.0. The number of hydrogen-bond donors (Lipinski definition) is 3. The third-order valence-electron chi connectivity index (χ3n) is 6.37. The summed E-state index contributed by atoms with van der Waals surface area (Å²) in [5.74, 6) is -0.565. The summed E-state index contributed by atoms with van der Waals surface area (Å²) in [6.45, 7) is 6.05. The van der Waals surface area contributed by atoms with Crippen LogP contribution in [0, 0.1) is 16.7 Å². The summed E-state index contributed by atoms with van der Waals surface area (Å²) >= 11 is 0. The van der Waals surface area contributed by atoms with Gasteiger partial charge in [-0.05, 0) is 35.6 Å². The van der Waals surface area contributed by atoms with E-state index < -0.39 is 23.5 Å². The van der Waals surface area contributed by atoms with Crippen molar-refractivity contribution in [2.45, 2.75) is 51.1 Å². The molecule has 0 aliphatic carbocycles. The van der Waals surface area contributed by atoms with Crippen LogP contribution in [0.3, 0.4) is 0 Å². The molecule has 1 saturated heterocycles. The van der Waals surface area contributed by atoms with E-state index >= 15 is 0 Å². The molecule has 0 unspecified atom stereocenters. The number of rotatable bonds is 4. The lowest BCUT2D eigenvalue weighted by Crippen LogP contribution is -2.52. The van der Waals surface area contributed by atoms with Crippen LogP contribution in [0.1, 0.15) is 39.2 Å². The molecule has 2 heterocycles. The third kappa shape index (κ3) is 4.46. The van der Waals surface area contributed by atoms with Gasteiger partial charge in [-0.2, -0.15) is 5.26 Å². The highest BCUT2D eigenvalue weighted by atomic mass is 16.2. The minimum absolute atomic E-state index is 0.0928. The number of nitriles is 1. The number of carbonyl (C=O) groups is 3. The second-order valence-electron chi connectivity index (χ2n) is 10.2. The van der Waals surface area contributed by atoms with Gasteiger partial charge in [0.05, 0.1) is 11.5 Å². The number of urea groups is 1. The molecule has 0 aromatic heterocycles. The molecule has 34 heavy (non-hydrogen) atoms. The van der Waals surface area contributed by atoms with E-state index in [1.54, 1.807) is 24.3 Å². The summed E-state index contributed by atoms with van der Waals surface area (Å²) < 4.78 is 0. The van der Waals surface area contributed by atoms with E-state index in [9.17, 15) is 19.6 Å². The van der Waals surface area contributed by atoms with E-state index in [1.165, 1.54) is 4.90 Å². The van der Waals surface area contributed by atoms with E-state index in [1.807, 2.05) is 51.1 Å². The van der Waals surface area contributed by atoms with E-state index in [0.717, 1.165) is 5.56 Å². The van der Waals surface area contributed by atoms with Crippen molar-refractivity contribution < 1.29 is 14.4 Å². The van der Waals surface area contributed by atoms with Crippen molar-refractivity contribution in [2.24, 2.45) is 5.41 Å². The topological polar surface area (TPSA) is 114 Å². The first-order valence-electron chi connectivity index (χ1n) is 11.4. The molecule has 2 aliphatic heterocycles. The number of carbonyl (C=O) groups excluding carboxylic acids is 3. The van der Waals surface area contributed by atoms with Gasteiger partial charge in [0, 0.05) is 24.3 Å². The maximum absolute atomic E-state index is 13.7. The average Bonchev–Trinajstić information content (AvgIpc) is 3.31. The highest BCUT2D eigenvalue weighted by molar-refractivity contribution is 6.07. The van der Waals surface area contributed by atoms with Crippen molar-refractivity contribution in [3.63, 3.8) is 0 Å². The molecule has 0 bridgehead atoms. The molecule has 3 N–H and O–H groups in total. The highest BCUT2D eigenvalue weighted by Gasteiger charge is 2.56. The SMILES string of the molecule is CC(C)(C)C[C@H](NC(=O)Nc1ccccc1)C(=O)N1C[C@]2(C[C@H]1C#N)C(=O)Nc1ccccc12. The Balaban J connectivity index is 1.58. The van der Waals surface area contributed by atoms with Crippen molar-refractivity contribution >= 4 is 29.2 Å². The molecule has 8 heteroatoms. The molecule has 1 spiro atoms. The summed E-state index contributed by atoms with van der Waals surface area (Å²) in [5, 5.41) is 18.3. The fourth-order valence-electron chi connectivity index (χ4n) is 4.85. The summed E-state index contributed by atoms with van der Waals surface area (Å²) in [5.41, 5.74) is 0.890. The van der Waals surface area contributed by atoms with Crippen LogP contribution in [-0.4, -0.2) is 41.4 Å². The predicted molar refractivity (Wildman–Crippen MR) is 129 cm³/mol. The van der Waals surface area contributed by atoms with Crippen LogP contribution < -0.4 is 16.0 Å². The number of likely N-dealkylation sites (tertiary alicyclic amines) is 1. The number of anilines is 2. The molecular weight excluding hydrogens is 430 g/mol. The third-order valence-corrected chi connectivity index (χ3v) is 6.37. The van der Waals surface area contributed by atoms with Gasteiger partial charge in [-0.3, -0.25) is 9.59 Å². The largest absolute Gasteiger partial charge is 0.326 e. The van der Waals surface area contributed by atoms with Crippen LogP contribution in [0.15, 0.2) is 54.6 Å². The Bertz CT molecular complexity index is 1150. The smallest absolute Gasteiger partial charge is 0.319 e. The molecule has 176 valence electrons. The van der Waals surface area contributed by atoms with E-state index in [4.69, 9.17) is 0 Å². The standard InChI is InChI=1S/C26H29N5O3/c1-25(2,3)14-21(30-24(34)28-17-9-5-4-6-10-17)22(32)31-16-26(13-18(31)15-27)19-11-7-8-12-20(19)29-23(26)33/h4-12,18,21H,13-14,16H2,1-3H3,(H,29,33)(H2,28,30,34)/t18-,21-,26-/m0/s1. The van der Waals surface area contributed by atoms with Crippen LogP contribution >= 0.6 is 0 Å². The quantitative estimate of drug-likeness (QED) is 0.648. The molecule has 1 fully saturated rings. The number of hydrogen-bond acceptors (Lipinski definition) is 4. The molecule has 2 aromatic carbocycles. The minimum atomic E-state index is -0.967. The monoisotopic (exact) mass is 459 g/mol. The molecule has 8 nitrogen and oxygen atoms in total. The number of benzene rings is 2. The van der Waals surface area contributed by atoms with Crippen LogP contribution in [0.5, 0.6) is 0 Å². The lowest BCUT2D eigenvalue weighted by Gasteiger charge is -2.31. The first-order valence-corrected chi connectivity index (χ1v) is 11.4. The zero-order valence-corrected chi connectivity index (χ0v) is 19.6. The van der Waals surface area contributed by atoms with Crippen molar-refractivity contribution in [3.05, 3.63) is 60.2 Å². The summed E-state index contributed by atoms with van der Waals surface area (Å²) in [6.07, 6.45) is 0.592. The number of amides is 4. The van der Waals surface area contributed by atoms with Gasteiger partial charge >= 0.3 is 6.03 Å². The Morgan fingerprint density at radius 2 is 1.85 bits per heavy atom. The van der Waals surface area contributed by atoms with E-state index in [-0.39, 0.29) is 30.2 Å². The second-order valence-corrected chi connectivity index (χ2v) is 10.2. The average molecular weight is 460 g/mol. The van der Waals surface area contributed by atoms with Crippen LogP contribution in [0.2, 0.25) is 0 Å². The van der Waals surface area contributed by atoms with Crippen molar-refractivity contribution in [3.8, 4) is 6.07 Å². The fourth-order valence-corrected chi connectivity index (χ4v) is 4.85. The molecule has 0 radical (unpaired) electrons. The zero-order chi connectivity index (χ0) is 24.5. The Labute approximate surface area is 199 Å². The molecule has 2 aliphatic rings. The Morgan fingerprint density at radius 1 is 1.18 bits per heavy atom. The highest BCUT2D eigenvalue weighted by Crippen LogP contribution is 2.46. The molecule has 0 saturated carbocycles. The van der Waals surface area contributed by atoms with Crippen molar-refractivity contribution in [1.29, 1.82) is 5.26 Å². The predicted octanol–water partition coefficient (Wildman–Crippen LogP) is 3.63. The Kier molecular flexibility index (Phi) is 6.05.